The predicted octanol–water partition coefficient (Wildman–Crippen LogP) is 6.90. The van der Waals surface area contributed by atoms with Crippen molar-refractivity contribution in [3.05, 3.63) is 89.3 Å². The van der Waals surface area contributed by atoms with Crippen molar-refractivity contribution in [2.45, 2.75) is 51.2 Å². The normalized spacial score (nSPS) is 14.8. The number of hydrogen-bond donors (Lipinski definition) is 0. The highest BCUT2D eigenvalue weighted by molar-refractivity contribution is 5.80. The number of hydrogen-bond acceptors (Lipinski definition) is 6. The van der Waals surface area contributed by atoms with Crippen LogP contribution in [0.25, 0.3) is 22.1 Å². The van der Waals surface area contributed by atoms with Gasteiger partial charge in [-0.1, -0.05) is 48.9 Å². The monoisotopic (exact) mass is 484 g/mol. The van der Waals surface area contributed by atoms with Crippen LogP contribution in [0.15, 0.2) is 88.3 Å². The summed E-state index contributed by atoms with van der Waals surface area (Å²) in [5.74, 6) is 0.661. The minimum absolute atomic E-state index is 0.0279. The molecule has 1 heterocycles. The number of esters is 1. The SMILES string of the molecule is CC(Oc1ccc2c(=O)c(Oc3ccc(-c4ccccc4)cc3)coc2c1)C(=O)OC1CCCCC1. The lowest BCUT2D eigenvalue weighted by Crippen LogP contribution is -2.31. The van der Waals surface area contributed by atoms with E-state index in [1.807, 2.05) is 54.6 Å². The van der Waals surface area contributed by atoms with Crippen LogP contribution in [-0.4, -0.2) is 18.2 Å². The van der Waals surface area contributed by atoms with Crippen molar-refractivity contribution < 1.29 is 23.4 Å². The molecule has 0 spiro atoms. The standard InChI is InChI=1S/C30H28O6/c1-20(30(32)36-23-10-6-3-7-11-23)34-25-16-17-26-27(18-25)33-19-28(29(26)31)35-24-14-12-22(13-15-24)21-8-4-2-5-9-21/h2,4-5,8-9,12-20,23H,3,6-7,10-11H2,1H3. The van der Waals surface area contributed by atoms with Crippen molar-refractivity contribution in [1.29, 1.82) is 0 Å². The van der Waals surface area contributed by atoms with Crippen molar-refractivity contribution in [2.24, 2.45) is 0 Å². The quantitative estimate of drug-likeness (QED) is 0.266. The lowest BCUT2D eigenvalue weighted by atomic mass is 9.98. The number of rotatable bonds is 7. The molecule has 36 heavy (non-hydrogen) atoms. The van der Waals surface area contributed by atoms with Crippen LogP contribution in [0.3, 0.4) is 0 Å². The predicted molar refractivity (Wildman–Crippen MR) is 137 cm³/mol. The second-order valence-corrected chi connectivity index (χ2v) is 9.04. The van der Waals surface area contributed by atoms with Crippen LogP contribution in [0.4, 0.5) is 0 Å². The van der Waals surface area contributed by atoms with E-state index in [9.17, 15) is 9.59 Å². The molecule has 1 fully saturated rings. The van der Waals surface area contributed by atoms with Crippen LogP contribution >= 0.6 is 0 Å². The first-order valence-corrected chi connectivity index (χ1v) is 12.3. The molecule has 0 radical (unpaired) electrons. The molecule has 0 amide bonds. The molecule has 1 aliphatic rings. The van der Waals surface area contributed by atoms with Gasteiger partial charge in [-0.15, -0.1) is 0 Å². The van der Waals surface area contributed by atoms with Crippen molar-refractivity contribution >= 4 is 16.9 Å². The van der Waals surface area contributed by atoms with E-state index in [0.717, 1.165) is 36.8 Å². The van der Waals surface area contributed by atoms with Gasteiger partial charge >= 0.3 is 5.97 Å². The van der Waals surface area contributed by atoms with Gasteiger partial charge in [0.1, 0.15) is 29.4 Å². The maximum Gasteiger partial charge on any atom is 0.347 e. The number of carbonyl (C=O) groups excluding carboxylic acids is 1. The van der Waals surface area contributed by atoms with Crippen LogP contribution in [0.2, 0.25) is 0 Å². The molecule has 6 nitrogen and oxygen atoms in total. The van der Waals surface area contributed by atoms with Gasteiger partial charge in [-0.3, -0.25) is 4.79 Å². The molecule has 184 valence electrons. The zero-order valence-corrected chi connectivity index (χ0v) is 20.1. The van der Waals surface area contributed by atoms with Gasteiger partial charge in [0.25, 0.3) is 0 Å². The van der Waals surface area contributed by atoms with E-state index >= 15 is 0 Å². The summed E-state index contributed by atoms with van der Waals surface area (Å²) in [4.78, 5) is 25.4. The molecule has 1 aromatic heterocycles. The summed E-state index contributed by atoms with van der Waals surface area (Å²) in [7, 11) is 0. The highest BCUT2D eigenvalue weighted by atomic mass is 16.6. The maximum absolute atomic E-state index is 13.0. The molecule has 0 N–H and O–H groups in total. The first kappa shape index (κ1) is 23.7. The zero-order valence-electron chi connectivity index (χ0n) is 20.1. The van der Waals surface area contributed by atoms with Gasteiger partial charge < -0.3 is 18.6 Å². The summed E-state index contributed by atoms with van der Waals surface area (Å²) < 4.78 is 22.8. The van der Waals surface area contributed by atoms with E-state index in [2.05, 4.69) is 0 Å². The van der Waals surface area contributed by atoms with E-state index in [1.165, 1.54) is 12.7 Å². The third-order valence-electron chi connectivity index (χ3n) is 6.38. The molecule has 4 aromatic rings. The van der Waals surface area contributed by atoms with Gasteiger partial charge in [-0.2, -0.15) is 0 Å². The Kier molecular flexibility index (Phi) is 7.03. The fraction of sp³-hybridized carbons (Fsp3) is 0.267. The summed E-state index contributed by atoms with van der Waals surface area (Å²) in [5, 5.41) is 0.359. The molecule has 5 rings (SSSR count). The third-order valence-corrected chi connectivity index (χ3v) is 6.38. The number of fused-ring (bicyclic) bond motifs is 1. The van der Waals surface area contributed by atoms with Crippen LogP contribution in [0.5, 0.6) is 17.2 Å². The Morgan fingerprint density at radius 2 is 1.58 bits per heavy atom. The number of ether oxygens (including phenoxy) is 3. The molecule has 1 aliphatic carbocycles. The fourth-order valence-corrected chi connectivity index (χ4v) is 4.40. The summed E-state index contributed by atoms with van der Waals surface area (Å²) >= 11 is 0. The molecule has 0 saturated heterocycles. The van der Waals surface area contributed by atoms with Gasteiger partial charge in [0.05, 0.1) is 5.39 Å². The largest absolute Gasteiger partial charge is 0.479 e. The minimum atomic E-state index is -0.766. The average molecular weight is 485 g/mol. The third kappa shape index (κ3) is 5.43. The molecular formula is C30H28O6. The fourth-order valence-electron chi connectivity index (χ4n) is 4.40. The van der Waals surface area contributed by atoms with Crippen LogP contribution in [0, 0.1) is 0 Å². The first-order valence-electron chi connectivity index (χ1n) is 12.3. The van der Waals surface area contributed by atoms with Crippen molar-refractivity contribution in [3.63, 3.8) is 0 Å². The molecule has 0 aliphatic heterocycles. The molecule has 6 heteroatoms. The Hall–Kier alpha value is -4.06. The minimum Gasteiger partial charge on any atom is -0.479 e. The van der Waals surface area contributed by atoms with Crippen LogP contribution in [-0.2, 0) is 9.53 Å². The molecule has 1 atom stereocenters. The Labute approximate surface area is 209 Å². The van der Waals surface area contributed by atoms with E-state index in [4.69, 9.17) is 18.6 Å². The zero-order chi connectivity index (χ0) is 24.9. The van der Waals surface area contributed by atoms with Gasteiger partial charge in [0.2, 0.25) is 11.2 Å². The lowest BCUT2D eigenvalue weighted by Gasteiger charge is -2.23. The van der Waals surface area contributed by atoms with Gasteiger partial charge in [-0.25, -0.2) is 4.79 Å². The van der Waals surface area contributed by atoms with Gasteiger partial charge in [0.15, 0.2) is 6.10 Å². The Bertz CT molecular complexity index is 1380. The summed E-state index contributed by atoms with van der Waals surface area (Å²) in [6.07, 6.45) is 5.67. The highest BCUT2D eigenvalue weighted by Gasteiger charge is 2.23. The van der Waals surface area contributed by atoms with Gasteiger partial charge in [-0.05, 0) is 68.0 Å². The van der Waals surface area contributed by atoms with Crippen molar-refractivity contribution in [3.8, 4) is 28.4 Å². The molecule has 3 aromatic carbocycles. The molecule has 1 unspecified atom stereocenters. The van der Waals surface area contributed by atoms with Crippen molar-refractivity contribution in [2.75, 3.05) is 0 Å². The number of carbonyl (C=O) groups is 1. The second kappa shape index (κ2) is 10.7. The second-order valence-electron chi connectivity index (χ2n) is 9.04. The van der Waals surface area contributed by atoms with E-state index in [0.29, 0.717) is 22.5 Å². The Balaban J connectivity index is 1.26. The molecular weight excluding hydrogens is 456 g/mol. The summed E-state index contributed by atoms with van der Waals surface area (Å²) in [6.45, 7) is 1.66. The average Bonchev–Trinajstić information content (AvgIpc) is 2.92. The highest BCUT2D eigenvalue weighted by Crippen LogP contribution is 2.27. The van der Waals surface area contributed by atoms with Crippen molar-refractivity contribution in [1.82, 2.24) is 0 Å². The van der Waals surface area contributed by atoms with Crippen LogP contribution in [0.1, 0.15) is 39.0 Å². The van der Waals surface area contributed by atoms with E-state index < -0.39 is 6.10 Å². The Morgan fingerprint density at radius 3 is 2.33 bits per heavy atom. The van der Waals surface area contributed by atoms with E-state index in [1.54, 1.807) is 25.1 Å². The maximum atomic E-state index is 13.0. The Morgan fingerprint density at radius 1 is 0.889 bits per heavy atom. The lowest BCUT2D eigenvalue weighted by molar-refractivity contribution is -0.158. The first-order chi connectivity index (χ1) is 17.6. The van der Waals surface area contributed by atoms with Gasteiger partial charge in [0, 0.05) is 6.07 Å². The summed E-state index contributed by atoms with van der Waals surface area (Å²) in [5.41, 5.74) is 2.21. The van der Waals surface area contributed by atoms with E-state index in [-0.39, 0.29) is 23.3 Å². The molecule has 1 saturated carbocycles. The summed E-state index contributed by atoms with van der Waals surface area (Å²) in [6, 6.07) is 22.4. The molecule has 0 bridgehead atoms. The smallest absolute Gasteiger partial charge is 0.347 e. The topological polar surface area (TPSA) is 75.0 Å². The van der Waals surface area contributed by atoms with Crippen LogP contribution < -0.4 is 14.9 Å². The number of benzene rings is 3.